The van der Waals surface area contributed by atoms with Gasteiger partial charge in [0.15, 0.2) is 0 Å². The predicted molar refractivity (Wildman–Crippen MR) is 156 cm³/mol. The molecule has 0 unspecified atom stereocenters. The molecule has 208 valence electrons. The van der Waals surface area contributed by atoms with Gasteiger partial charge in [-0.1, -0.05) is 42.2 Å². The summed E-state index contributed by atoms with van der Waals surface area (Å²) < 4.78 is 17.3. The second-order valence-electron chi connectivity index (χ2n) is 9.38. The number of esters is 3. The highest BCUT2D eigenvalue weighted by Gasteiger charge is 2.32. The number of para-hydroxylation sites is 2. The maximum absolute atomic E-state index is 13.0. The molecule has 1 N–H and O–H groups in total. The third-order valence-corrected chi connectivity index (χ3v) is 7.55. The summed E-state index contributed by atoms with van der Waals surface area (Å²) in [6.07, 6.45) is 4.73. The third-order valence-electron chi connectivity index (χ3n) is 6.61. The molecule has 1 aliphatic rings. The first-order chi connectivity index (χ1) is 20.0. The van der Waals surface area contributed by atoms with E-state index < -0.39 is 5.97 Å². The number of ether oxygens (including phenoxy) is 3. The maximum Gasteiger partial charge on any atom is 0.335 e. The minimum absolute atomic E-state index is 0.315. The van der Waals surface area contributed by atoms with Gasteiger partial charge in [0.1, 0.15) is 17.2 Å². The van der Waals surface area contributed by atoms with Gasteiger partial charge in [0, 0.05) is 11.6 Å². The molecule has 1 saturated carbocycles. The molecule has 1 heterocycles. The number of rotatable bonds is 9. The van der Waals surface area contributed by atoms with Crippen LogP contribution in [-0.4, -0.2) is 29.1 Å². The summed E-state index contributed by atoms with van der Waals surface area (Å²) >= 11 is 1.50. The van der Waals surface area contributed by atoms with E-state index in [1.54, 1.807) is 30.5 Å². The lowest BCUT2D eigenvalue weighted by Gasteiger charge is -2.26. The van der Waals surface area contributed by atoms with Gasteiger partial charge in [0.05, 0.1) is 28.3 Å². The summed E-state index contributed by atoms with van der Waals surface area (Å²) in [5.41, 5.74) is 4.49. The van der Waals surface area contributed by atoms with Crippen molar-refractivity contribution in [3.05, 3.63) is 91.0 Å². The van der Waals surface area contributed by atoms with E-state index in [1.165, 1.54) is 23.5 Å². The van der Waals surface area contributed by atoms with Crippen molar-refractivity contribution < 1.29 is 28.6 Å². The fraction of sp³-hybridized carbons (Fsp3) is 0.194. The lowest BCUT2D eigenvalue weighted by atomic mass is 9.82. The minimum atomic E-state index is -0.570. The van der Waals surface area contributed by atoms with Crippen LogP contribution in [0.25, 0.3) is 10.2 Å². The summed E-state index contributed by atoms with van der Waals surface area (Å²) in [6.45, 7) is 3.35. The average Bonchev–Trinajstić information content (AvgIpc) is 3.42. The van der Waals surface area contributed by atoms with Crippen LogP contribution in [0.5, 0.6) is 17.2 Å². The summed E-state index contributed by atoms with van der Waals surface area (Å²) in [7, 11) is 0. The molecule has 0 saturated heterocycles. The van der Waals surface area contributed by atoms with Crippen LogP contribution < -0.4 is 19.6 Å². The molecule has 5 rings (SSSR count). The molecule has 0 aliphatic heterocycles. The van der Waals surface area contributed by atoms with Crippen LogP contribution in [0, 0.1) is 11.8 Å². The van der Waals surface area contributed by atoms with Gasteiger partial charge in [-0.3, -0.25) is 15.0 Å². The molecule has 4 aromatic rings. The fourth-order valence-corrected chi connectivity index (χ4v) is 5.26. The summed E-state index contributed by atoms with van der Waals surface area (Å²) in [4.78, 5) is 41.4. The van der Waals surface area contributed by atoms with E-state index in [0.717, 1.165) is 16.3 Å². The van der Waals surface area contributed by atoms with E-state index in [2.05, 4.69) is 22.1 Å². The lowest BCUT2D eigenvalue weighted by Crippen LogP contribution is -2.30. The van der Waals surface area contributed by atoms with E-state index in [-0.39, 0.29) is 23.8 Å². The number of aromatic nitrogens is 1. The fourth-order valence-electron chi connectivity index (χ4n) is 4.45. The largest absolute Gasteiger partial charge is 0.426 e. The topological polar surface area (TPSA) is 116 Å². The van der Waals surface area contributed by atoms with Gasteiger partial charge >= 0.3 is 17.9 Å². The van der Waals surface area contributed by atoms with E-state index in [1.807, 2.05) is 36.4 Å². The number of anilines is 1. The quantitative estimate of drug-likeness (QED) is 0.0839. The van der Waals surface area contributed by atoms with Crippen LogP contribution in [-0.2, 0) is 14.4 Å². The van der Waals surface area contributed by atoms with Gasteiger partial charge in [0.2, 0.25) is 5.13 Å². The number of hydrogen-bond donors (Lipinski definition) is 1. The highest BCUT2D eigenvalue weighted by Crippen LogP contribution is 2.32. The SMILES string of the molecule is C=CC(=O)Oc1ccc(OC(=O)C2CCC(C(=O)Oc3ccccc3/C=N/Nc3nc4ccccc4s3)CC2)cc1. The standard InChI is InChI=1S/C31H27N3O6S/c1-2-28(35)38-23-15-17-24(18-16-23)39-29(36)20-11-13-21(14-12-20)30(37)40-26-9-5-3-7-22(26)19-32-34-31-33-25-8-4-6-10-27(25)41-31/h2-10,15-21H,1,11-14H2,(H,33,34)/b32-19+. The molecule has 0 bridgehead atoms. The van der Waals surface area contributed by atoms with Gasteiger partial charge < -0.3 is 14.2 Å². The molecule has 0 atom stereocenters. The number of carbonyl (C=O) groups excluding carboxylic acids is 3. The maximum atomic E-state index is 13.0. The van der Waals surface area contributed by atoms with Crippen molar-refractivity contribution in [2.75, 3.05) is 5.43 Å². The molecule has 10 heteroatoms. The molecule has 0 spiro atoms. The summed E-state index contributed by atoms with van der Waals surface area (Å²) in [5, 5.41) is 4.94. The monoisotopic (exact) mass is 569 g/mol. The Morgan fingerprint density at radius 3 is 2.12 bits per heavy atom. The number of carbonyl (C=O) groups is 3. The smallest absolute Gasteiger partial charge is 0.335 e. The molecule has 0 radical (unpaired) electrons. The molecule has 9 nitrogen and oxygen atoms in total. The average molecular weight is 570 g/mol. The van der Waals surface area contributed by atoms with Crippen LogP contribution >= 0.6 is 11.3 Å². The predicted octanol–water partition coefficient (Wildman–Crippen LogP) is 6.15. The van der Waals surface area contributed by atoms with Crippen LogP contribution in [0.4, 0.5) is 5.13 Å². The second kappa shape index (κ2) is 13.0. The second-order valence-corrected chi connectivity index (χ2v) is 10.4. The molecule has 0 amide bonds. The molecule has 1 aliphatic carbocycles. The Kier molecular flexibility index (Phi) is 8.80. The van der Waals surface area contributed by atoms with Crippen molar-refractivity contribution in [2.45, 2.75) is 25.7 Å². The molecule has 1 fully saturated rings. The van der Waals surface area contributed by atoms with Gasteiger partial charge in [-0.2, -0.15) is 5.10 Å². The molecular formula is C31H27N3O6S. The Morgan fingerprint density at radius 2 is 1.44 bits per heavy atom. The summed E-state index contributed by atoms with van der Waals surface area (Å²) in [6, 6.07) is 21.2. The number of nitrogens with zero attached hydrogens (tertiary/aromatic N) is 2. The van der Waals surface area contributed by atoms with Crippen molar-refractivity contribution in [1.29, 1.82) is 0 Å². The van der Waals surface area contributed by atoms with Gasteiger partial charge in [-0.05, 0) is 74.2 Å². The molecule has 41 heavy (non-hydrogen) atoms. The Morgan fingerprint density at radius 1 is 0.829 bits per heavy atom. The van der Waals surface area contributed by atoms with Crippen molar-refractivity contribution in [3.63, 3.8) is 0 Å². The number of fused-ring (bicyclic) bond motifs is 1. The van der Waals surface area contributed by atoms with Crippen LogP contribution in [0.2, 0.25) is 0 Å². The molecular weight excluding hydrogens is 542 g/mol. The number of hydrogen-bond acceptors (Lipinski definition) is 10. The Balaban J connectivity index is 1.11. The van der Waals surface area contributed by atoms with Crippen LogP contribution in [0.3, 0.4) is 0 Å². The van der Waals surface area contributed by atoms with Crippen molar-refractivity contribution >= 4 is 50.8 Å². The van der Waals surface area contributed by atoms with Crippen LogP contribution in [0.1, 0.15) is 31.2 Å². The van der Waals surface area contributed by atoms with Crippen molar-refractivity contribution in [1.82, 2.24) is 4.98 Å². The van der Waals surface area contributed by atoms with Crippen molar-refractivity contribution in [3.8, 4) is 17.2 Å². The molecule has 1 aromatic heterocycles. The van der Waals surface area contributed by atoms with Crippen molar-refractivity contribution in [2.24, 2.45) is 16.9 Å². The Hall–Kier alpha value is -4.83. The number of thiazole rings is 1. The zero-order valence-corrected chi connectivity index (χ0v) is 22.8. The molecule has 3 aromatic carbocycles. The number of hydrazone groups is 1. The van der Waals surface area contributed by atoms with E-state index in [9.17, 15) is 14.4 Å². The minimum Gasteiger partial charge on any atom is -0.426 e. The first-order valence-corrected chi connectivity index (χ1v) is 13.9. The lowest BCUT2D eigenvalue weighted by molar-refractivity contribution is -0.145. The first kappa shape index (κ1) is 27.7. The van der Waals surface area contributed by atoms with E-state index >= 15 is 0 Å². The van der Waals surface area contributed by atoms with E-state index in [0.29, 0.717) is 53.6 Å². The zero-order valence-electron chi connectivity index (χ0n) is 22.0. The van der Waals surface area contributed by atoms with Gasteiger partial charge in [0.25, 0.3) is 0 Å². The summed E-state index contributed by atoms with van der Waals surface area (Å²) in [5.74, 6) is -0.794. The normalized spacial score (nSPS) is 16.7. The highest BCUT2D eigenvalue weighted by atomic mass is 32.1. The third kappa shape index (κ3) is 7.23. The van der Waals surface area contributed by atoms with Gasteiger partial charge in [-0.15, -0.1) is 0 Å². The number of nitrogens with one attached hydrogen (secondary N) is 1. The van der Waals surface area contributed by atoms with Gasteiger partial charge in [-0.25, -0.2) is 9.78 Å². The zero-order chi connectivity index (χ0) is 28.6. The highest BCUT2D eigenvalue weighted by molar-refractivity contribution is 7.22. The van der Waals surface area contributed by atoms with E-state index in [4.69, 9.17) is 14.2 Å². The van der Waals surface area contributed by atoms with Crippen LogP contribution in [0.15, 0.2) is 90.6 Å². The first-order valence-electron chi connectivity index (χ1n) is 13.1. The number of benzene rings is 3. The Labute approximate surface area is 240 Å². The Bertz CT molecular complexity index is 1560.